The standard InChI is InChI=1S/C21H16N4/c1-3-9-16(10-4-1)19-15-24-20-14-8-7-13-18(20)22-21(24)25(23-19)17-11-5-2-6-12-17/h1-14H,15H2. The van der Waals surface area contributed by atoms with Gasteiger partial charge in [-0.05, 0) is 29.8 Å². The highest BCUT2D eigenvalue weighted by Crippen LogP contribution is 2.32. The van der Waals surface area contributed by atoms with Crippen molar-refractivity contribution in [3.8, 4) is 0 Å². The Kier molecular flexibility index (Phi) is 3.13. The number of nitrogens with zero attached hydrogens (tertiary/aromatic N) is 4. The molecule has 1 aliphatic heterocycles. The molecular formula is C21H16N4. The average molecular weight is 324 g/mol. The molecule has 0 fully saturated rings. The van der Waals surface area contributed by atoms with Crippen LogP contribution in [0.4, 0.5) is 11.6 Å². The molecular weight excluding hydrogens is 308 g/mol. The van der Waals surface area contributed by atoms with Crippen LogP contribution in [0, 0.1) is 0 Å². The first kappa shape index (κ1) is 14.0. The van der Waals surface area contributed by atoms with Crippen LogP contribution in [-0.2, 0) is 6.54 Å². The van der Waals surface area contributed by atoms with Crippen molar-refractivity contribution in [1.82, 2.24) is 9.55 Å². The van der Waals surface area contributed by atoms with Crippen LogP contribution in [0.25, 0.3) is 11.0 Å². The number of rotatable bonds is 2. The van der Waals surface area contributed by atoms with E-state index in [1.165, 1.54) is 0 Å². The lowest BCUT2D eigenvalue weighted by Crippen LogP contribution is -2.27. The Morgan fingerprint density at radius 1 is 0.720 bits per heavy atom. The number of imidazole rings is 1. The highest BCUT2D eigenvalue weighted by molar-refractivity contribution is 6.03. The van der Waals surface area contributed by atoms with E-state index in [-0.39, 0.29) is 0 Å². The third-order valence-electron chi connectivity index (χ3n) is 4.46. The fourth-order valence-corrected chi connectivity index (χ4v) is 3.25. The van der Waals surface area contributed by atoms with E-state index in [1.54, 1.807) is 0 Å². The summed E-state index contributed by atoms with van der Waals surface area (Å²) in [4.78, 5) is 4.82. The van der Waals surface area contributed by atoms with Crippen LogP contribution in [0.2, 0.25) is 0 Å². The Morgan fingerprint density at radius 2 is 1.40 bits per heavy atom. The topological polar surface area (TPSA) is 33.4 Å². The van der Waals surface area contributed by atoms with E-state index in [0.717, 1.165) is 33.9 Å². The molecule has 120 valence electrons. The van der Waals surface area contributed by atoms with Crippen molar-refractivity contribution in [2.75, 3.05) is 5.01 Å². The summed E-state index contributed by atoms with van der Waals surface area (Å²) in [6.45, 7) is 0.712. The van der Waals surface area contributed by atoms with Crippen LogP contribution in [0.15, 0.2) is 90.0 Å². The van der Waals surface area contributed by atoms with E-state index in [9.17, 15) is 0 Å². The summed E-state index contributed by atoms with van der Waals surface area (Å²) in [5.41, 5.74) is 5.28. The van der Waals surface area contributed by atoms with Gasteiger partial charge in [-0.25, -0.2) is 4.98 Å². The summed E-state index contributed by atoms with van der Waals surface area (Å²) in [5.74, 6) is 0.854. The molecule has 0 unspecified atom stereocenters. The van der Waals surface area contributed by atoms with Gasteiger partial charge in [0.15, 0.2) is 0 Å². The summed E-state index contributed by atoms with van der Waals surface area (Å²) >= 11 is 0. The number of hydrogen-bond donors (Lipinski definition) is 0. The summed E-state index contributed by atoms with van der Waals surface area (Å²) in [6.07, 6.45) is 0. The lowest BCUT2D eigenvalue weighted by molar-refractivity contribution is 0.801. The molecule has 4 nitrogen and oxygen atoms in total. The third kappa shape index (κ3) is 2.31. The molecule has 5 rings (SSSR count). The molecule has 0 spiro atoms. The molecule has 0 atom stereocenters. The molecule has 1 aliphatic rings. The Bertz CT molecular complexity index is 1060. The molecule has 0 amide bonds. The lowest BCUT2D eigenvalue weighted by Gasteiger charge is -2.26. The molecule has 1 aromatic heterocycles. The largest absolute Gasteiger partial charge is 0.302 e. The van der Waals surface area contributed by atoms with Crippen molar-refractivity contribution in [2.45, 2.75) is 6.54 Å². The number of hydrogen-bond acceptors (Lipinski definition) is 3. The van der Waals surface area contributed by atoms with Gasteiger partial charge in [0.25, 0.3) is 0 Å². The first-order valence-corrected chi connectivity index (χ1v) is 8.33. The van der Waals surface area contributed by atoms with Crippen molar-refractivity contribution in [1.29, 1.82) is 0 Å². The van der Waals surface area contributed by atoms with Gasteiger partial charge in [0.2, 0.25) is 5.95 Å². The molecule has 2 heterocycles. The monoisotopic (exact) mass is 324 g/mol. The van der Waals surface area contributed by atoms with Gasteiger partial charge in [0.05, 0.1) is 29.0 Å². The van der Waals surface area contributed by atoms with Gasteiger partial charge in [-0.2, -0.15) is 10.1 Å². The number of para-hydroxylation sites is 3. The van der Waals surface area contributed by atoms with Crippen molar-refractivity contribution < 1.29 is 0 Å². The normalized spacial score (nSPS) is 13.6. The van der Waals surface area contributed by atoms with Gasteiger partial charge in [0, 0.05) is 0 Å². The highest BCUT2D eigenvalue weighted by Gasteiger charge is 2.25. The van der Waals surface area contributed by atoms with Crippen LogP contribution < -0.4 is 5.01 Å². The summed E-state index contributed by atoms with van der Waals surface area (Å²) < 4.78 is 2.23. The zero-order valence-electron chi connectivity index (χ0n) is 13.6. The van der Waals surface area contributed by atoms with E-state index >= 15 is 0 Å². The van der Waals surface area contributed by atoms with E-state index in [1.807, 2.05) is 53.5 Å². The molecule has 25 heavy (non-hydrogen) atoms. The average Bonchev–Trinajstić information content (AvgIpc) is 3.07. The predicted molar refractivity (Wildman–Crippen MR) is 101 cm³/mol. The van der Waals surface area contributed by atoms with E-state index in [2.05, 4.69) is 41.0 Å². The van der Waals surface area contributed by atoms with Crippen LogP contribution >= 0.6 is 0 Å². The number of hydrazone groups is 1. The van der Waals surface area contributed by atoms with Crippen molar-refractivity contribution in [2.24, 2.45) is 5.10 Å². The molecule has 0 bridgehead atoms. The Balaban J connectivity index is 1.74. The van der Waals surface area contributed by atoms with E-state index in [0.29, 0.717) is 6.54 Å². The zero-order chi connectivity index (χ0) is 16.6. The fourth-order valence-electron chi connectivity index (χ4n) is 3.25. The first-order valence-electron chi connectivity index (χ1n) is 8.33. The maximum absolute atomic E-state index is 4.93. The zero-order valence-corrected chi connectivity index (χ0v) is 13.6. The van der Waals surface area contributed by atoms with Gasteiger partial charge in [0.1, 0.15) is 0 Å². The van der Waals surface area contributed by atoms with Crippen LogP contribution in [-0.4, -0.2) is 15.3 Å². The lowest BCUT2D eigenvalue weighted by atomic mass is 10.1. The summed E-state index contributed by atoms with van der Waals surface area (Å²) in [7, 11) is 0. The van der Waals surface area contributed by atoms with Crippen LogP contribution in [0.3, 0.4) is 0 Å². The highest BCUT2D eigenvalue weighted by atomic mass is 15.5. The van der Waals surface area contributed by atoms with Crippen molar-refractivity contribution >= 4 is 28.4 Å². The van der Waals surface area contributed by atoms with Crippen molar-refractivity contribution in [3.63, 3.8) is 0 Å². The minimum absolute atomic E-state index is 0.712. The molecule has 0 saturated carbocycles. The first-order chi connectivity index (χ1) is 12.4. The summed E-state index contributed by atoms with van der Waals surface area (Å²) in [5, 5.41) is 6.86. The minimum Gasteiger partial charge on any atom is -0.302 e. The molecule has 4 heteroatoms. The van der Waals surface area contributed by atoms with Gasteiger partial charge in [-0.15, -0.1) is 0 Å². The second-order valence-electron chi connectivity index (χ2n) is 6.05. The third-order valence-corrected chi connectivity index (χ3v) is 4.46. The molecule has 0 N–H and O–H groups in total. The van der Waals surface area contributed by atoms with Gasteiger partial charge in [-0.3, -0.25) is 0 Å². The Morgan fingerprint density at radius 3 is 2.20 bits per heavy atom. The fraction of sp³-hybridized carbons (Fsp3) is 0.0476. The van der Waals surface area contributed by atoms with Crippen LogP contribution in [0.5, 0.6) is 0 Å². The number of anilines is 2. The molecule has 0 saturated heterocycles. The van der Waals surface area contributed by atoms with Crippen molar-refractivity contribution in [3.05, 3.63) is 90.5 Å². The van der Waals surface area contributed by atoms with Gasteiger partial charge in [-0.1, -0.05) is 60.7 Å². The Labute approximate surface area is 145 Å². The van der Waals surface area contributed by atoms with Crippen LogP contribution in [0.1, 0.15) is 5.56 Å². The maximum Gasteiger partial charge on any atom is 0.232 e. The second kappa shape index (κ2) is 5.60. The summed E-state index contributed by atoms with van der Waals surface area (Å²) in [6, 6.07) is 28.7. The number of fused-ring (bicyclic) bond motifs is 3. The molecule has 0 aliphatic carbocycles. The molecule has 0 radical (unpaired) electrons. The van der Waals surface area contributed by atoms with Gasteiger partial charge >= 0.3 is 0 Å². The number of benzene rings is 3. The Hall–Kier alpha value is -3.40. The second-order valence-corrected chi connectivity index (χ2v) is 6.05. The molecule has 3 aromatic carbocycles. The quantitative estimate of drug-likeness (QED) is 0.540. The maximum atomic E-state index is 4.93. The SMILES string of the molecule is c1ccc(C2=NN(c3ccccc3)c3nc4ccccc4n3C2)cc1. The molecule has 4 aromatic rings. The minimum atomic E-state index is 0.712. The van der Waals surface area contributed by atoms with E-state index < -0.39 is 0 Å². The smallest absolute Gasteiger partial charge is 0.232 e. The predicted octanol–water partition coefficient (Wildman–Crippen LogP) is 4.59. The van der Waals surface area contributed by atoms with E-state index in [4.69, 9.17) is 10.1 Å². The number of aromatic nitrogens is 2. The van der Waals surface area contributed by atoms with Gasteiger partial charge < -0.3 is 4.57 Å².